The van der Waals surface area contributed by atoms with E-state index in [1.807, 2.05) is 0 Å². The van der Waals surface area contributed by atoms with Crippen molar-refractivity contribution in [3.63, 3.8) is 0 Å². The van der Waals surface area contributed by atoms with Gasteiger partial charge in [0, 0.05) is 18.3 Å². The molecule has 0 aliphatic heterocycles. The molecule has 1 aliphatic carbocycles. The summed E-state index contributed by atoms with van der Waals surface area (Å²) >= 11 is 0. The van der Waals surface area contributed by atoms with Gasteiger partial charge in [0.1, 0.15) is 11.4 Å². The molecule has 0 spiro atoms. The van der Waals surface area contributed by atoms with Crippen molar-refractivity contribution in [2.45, 2.75) is 48.8 Å². The van der Waals surface area contributed by atoms with Gasteiger partial charge in [-0.25, -0.2) is 13.1 Å². The van der Waals surface area contributed by atoms with E-state index < -0.39 is 28.3 Å². The minimum atomic E-state index is -4.45. The first kappa shape index (κ1) is 16.2. The van der Waals surface area contributed by atoms with Crippen molar-refractivity contribution < 1.29 is 21.6 Å². The third kappa shape index (κ3) is 3.95. The SMILES string of the molecule is NCC1(NS(=O)(=O)c2cnn(CC(F)(F)F)c2)CCCC1. The standard InChI is InChI=1S/C11H17F3N4O2S/c12-11(13,14)8-18-6-9(5-16-18)21(19,20)17-10(7-15)3-1-2-4-10/h5-6,17H,1-4,7-8,15H2. The monoisotopic (exact) mass is 326 g/mol. The van der Waals surface area contributed by atoms with Crippen molar-refractivity contribution in [3.05, 3.63) is 12.4 Å². The summed E-state index contributed by atoms with van der Waals surface area (Å²) in [6, 6.07) is 0. The fourth-order valence-corrected chi connectivity index (χ4v) is 3.92. The number of alkyl halides is 3. The second kappa shape index (κ2) is 5.58. The zero-order valence-electron chi connectivity index (χ0n) is 11.2. The van der Waals surface area contributed by atoms with Gasteiger partial charge in [0.05, 0.1) is 6.20 Å². The zero-order valence-corrected chi connectivity index (χ0v) is 12.0. The van der Waals surface area contributed by atoms with Gasteiger partial charge in [0.2, 0.25) is 10.0 Å². The number of nitrogens with one attached hydrogen (secondary N) is 1. The minimum absolute atomic E-state index is 0.156. The average Bonchev–Trinajstić information content (AvgIpc) is 2.97. The van der Waals surface area contributed by atoms with E-state index in [-0.39, 0.29) is 11.4 Å². The maximum atomic E-state index is 12.2. The normalized spacial score (nSPS) is 19.0. The van der Waals surface area contributed by atoms with Crippen molar-refractivity contribution >= 4 is 10.0 Å². The number of nitrogens with two attached hydrogens (primary N) is 1. The molecule has 1 aliphatic rings. The summed E-state index contributed by atoms with van der Waals surface area (Å²) in [5, 5.41) is 3.44. The molecule has 0 aromatic carbocycles. The Morgan fingerprint density at radius 1 is 1.38 bits per heavy atom. The highest BCUT2D eigenvalue weighted by Crippen LogP contribution is 2.30. The second-order valence-corrected chi connectivity index (χ2v) is 6.97. The lowest BCUT2D eigenvalue weighted by atomic mass is 10.0. The summed E-state index contributed by atoms with van der Waals surface area (Å²) in [6.45, 7) is -1.17. The molecule has 3 N–H and O–H groups in total. The van der Waals surface area contributed by atoms with E-state index in [9.17, 15) is 21.6 Å². The number of hydrogen-bond donors (Lipinski definition) is 2. The molecule has 0 saturated heterocycles. The predicted octanol–water partition coefficient (Wildman–Crippen LogP) is 0.995. The molecule has 1 aromatic heterocycles. The van der Waals surface area contributed by atoms with Crippen LogP contribution in [0.4, 0.5) is 13.2 Å². The largest absolute Gasteiger partial charge is 0.408 e. The summed E-state index contributed by atoms with van der Waals surface area (Å²) in [7, 11) is -3.93. The zero-order chi connectivity index (χ0) is 15.7. The molecular formula is C11H17F3N4O2S. The Bertz CT molecular complexity index is 591. The first-order chi connectivity index (χ1) is 9.66. The molecule has 21 heavy (non-hydrogen) atoms. The lowest BCUT2D eigenvalue weighted by Crippen LogP contribution is -2.51. The molecule has 1 fully saturated rings. The summed E-state index contributed by atoms with van der Waals surface area (Å²) in [4.78, 5) is -0.286. The molecule has 1 saturated carbocycles. The van der Waals surface area contributed by atoms with Gasteiger partial charge in [-0.05, 0) is 12.8 Å². The van der Waals surface area contributed by atoms with Gasteiger partial charge < -0.3 is 5.73 Å². The Morgan fingerprint density at radius 3 is 2.52 bits per heavy atom. The third-order valence-electron chi connectivity index (χ3n) is 3.56. The quantitative estimate of drug-likeness (QED) is 0.844. The number of sulfonamides is 1. The Balaban J connectivity index is 2.16. The van der Waals surface area contributed by atoms with Crippen LogP contribution in [0.25, 0.3) is 0 Å². The molecule has 10 heteroatoms. The molecule has 0 amide bonds. The molecule has 120 valence electrons. The lowest BCUT2D eigenvalue weighted by molar-refractivity contribution is -0.142. The van der Waals surface area contributed by atoms with Crippen molar-refractivity contribution in [1.82, 2.24) is 14.5 Å². The van der Waals surface area contributed by atoms with E-state index in [1.54, 1.807) is 0 Å². The highest BCUT2D eigenvalue weighted by Gasteiger charge is 2.37. The van der Waals surface area contributed by atoms with Crippen LogP contribution in [0.3, 0.4) is 0 Å². The minimum Gasteiger partial charge on any atom is -0.329 e. The van der Waals surface area contributed by atoms with Crippen LogP contribution in [-0.4, -0.2) is 36.5 Å². The summed E-state index contributed by atoms with van der Waals surface area (Å²) in [5.74, 6) is 0. The number of rotatable bonds is 5. The van der Waals surface area contributed by atoms with Crippen molar-refractivity contribution in [2.24, 2.45) is 5.73 Å². The van der Waals surface area contributed by atoms with E-state index in [4.69, 9.17) is 5.73 Å². The maximum Gasteiger partial charge on any atom is 0.408 e. The lowest BCUT2D eigenvalue weighted by Gasteiger charge is -2.27. The maximum absolute atomic E-state index is 12.2. The van der Waals surface area contributed by atoms with Crippen LogP contribution in [-0.2, 0) is 16.6 Å². The highest BCUT2D eigenvalue weighted by molar-refractivity contribution is 7.89. The summed E-state index contributed by atoms with van der Waals surface area (Å²) < 4.78 is 64.3. The van der Waals surface area contributed by atoms with Gasteiger partial charge >= 0.3 is 6.18 Å². The predicted molar refractivity (Wildman–Crippen MR) is 68.9 cm³/mol. The van der Waals surface area contributed by atoms with Crippen LogP contribution in [0.15, 0.2) is 17.3 Å². The summed E-state index contributed by atoms with van der Waals surface area (Å²) in [5.41, 5.74) is 4.94. The van der Waals surface area contributed by atoms with E-state index >= 15 is 0 Å². The first-order valence-corrected chi connectivity index (χ1v) is 7.97. The second-order valence-electron chi connectivity index (χ2n) is 5.29. The van der Waals surface area contributed by atoms with Crippen molar-refractivity contribution in [2.75, 3.05) is 6.54 Å². The number of hydrogen-bond acceptors (Lipinski definition) is 4. The van der Waals surface area contributed by atoms with Crippen molar-refractivity contribution in [1.29, 1.82) is 0 Å². The van der Waals surface area contributed by atoms with E-state index in [0.717, 1.165) is 25.2 Å². The fraction of sp³-hybridized carbons (Fsp3) is 0.727. The average molecular weight is 326 g/mol. The molecule has 0 atom stereocenters. The third-order valence-corrected chi connectivity index (χ3v) is 5.10. The number of nitrogens with zero attached hydrogens (tertiary/aromatic N) is 2. The van der Waals surface area contributed by atoms with E-state index in [2.05, 4.69) is 9.82 Å². The number of halogens is 3. The Hall–Kier alpha value is -1.13. The van der Waals surface area contributed by atoms with Crippen LogP contribution >= 0.6 is 0 Å². The van der Waals surface area contributed by atoms with Crippen LogP contribution in [0, 0.1) is 0 Å². The highest BCUT2D eigenvalue weighted by atomic mass is 32.2. The molecule has 0 radical (unpaired) electrons. The van der Waals surface area contributed by atoms with E-state index in [0.29, 0.717) is 17.5 Å². The van der Waals surface area contributed by atoms with Gasteiger partial charge in [-0.3, -0.25) is 4.68 Å². The van der Waals surface area contributed by atoms with Crippen LogP contribution < -0.4 is 10.5 Å². The fourth-order valence-electron chi connectivity index (χ4n) is 2.50. The van der Waals surface area contributed by atoms with Gasteiger partial charge in [-0.1, -0.05) is 12.8 Å². The molecule has 1 aromatic rings. The molecular weight excluding hydrogens is 309 g/mol. The van der Waals surface area contributed by atoms with Crippen LogP contribution in [0.2, 0.25) is 0 Å². The van der Waals surface area contributed by atoms with Gasteiger partial charge in [0.15, 0.2) is 0 Å². The van der Waals surface area contributed by atoms with Gasteiger partial charge in [-0.15, -0.1) is 0 Å². The van der Waals surface area contributed by atoms with Gasteiger partial charge in [-0.2, -0.15) is 18.3 Å². The van der Waals surface area contributed by atoms with Gasteiger partial charge in [0.25, 0.3) is 0 Å². The van der Waals surface area contributed by atoms with Crippen LogP contribution in [0.1, 0.15) is 25.7 Å². The summed E-state index contributed by atoms with van der Waals surface area (Å²) in [6.07, 6.45) is 0.311. The van der Waals surface area contributed by atoms with Crippen molar-refractivity contribution in [3.8, 4) is 0 Å². The first-order valence-electron chi connectivity index (χ1n) is 6.49. The molecule has 6 nitrogen and oxygen atoms in total. The van der Waals surface area contributed by atoms with E-state index in [1.165, 1.54) is 0 Å². The Labute approximate surface area is 120 Å². The van der Waals surface area contributed by atoms with Crippen LogP contribution in [0.5, 0.6) is 0 Å². The smallest absolute Gasteiger partial charge is 0.329 e. The molecule has 2 rings (SSSR count). The Kier molecular flexibility index (Phi) is 4.31. The molecule has 1 heterocycles. The Morgan fingerprint density at radius 2 is 2.00 bits per heavy atom. The molecule has 0 bridgehead atoms. The number of aromatic nitrogens is 2. The molecule has 0 unspecified atom stereocenters. The topological polar surface area (TPSA) is 90.0 Å².